The SMILES string of the molecule is COc1cccc(CCC(=O)N2CCN(c3ccc([N+](=O)[O-])cc3)CC2)c1OC. The lowest BCUT2D eigenvalue weighted by atomic mass is 10.1. The number of aryl methyl sites for hydroxylation is 1. The van der Waals surface area contributed by atoms with Gasteiger partial charge in [0.25, 0.3) is 5.69 Å². The van der Waals surface area contributed by atoms with E-state index in [0.29, 0.717) is 50.5 Å². The van der Waals surface area contributed by atoms with Gasteiger partial charge in [0.05, 0.1) is 19.1 Å². The quantitative estimate of drug-likeness (QED) is 0.526. The number of para-hydroxylation sites is 1. The fraction of sp³-hybridized carbons (Fsp3) is 0.381. The van der Waals surface area contributed by atoms with Crippen LogP contribution in [0, 0.1) is 10.1 Å². The Morgan fingerprint density at radius 1 is 1.03 bits per heavy atom. The van der Waals surface area contributed by atoms with Crippen LogP contribution in [-0.4, -0.2) is 56.1 Å². The summed E-state index contributed by atoms with van der Waals surface area (Å²) in [7, 11) is 3.19. The second-order valence-electron chi connectivity index (χ2n) is 6.79. The first-order valence-electron chi connectivity index (χ1n) is 9.50. The molecule has 0 aliphatic carbocycles. The lowest BCUT2D eigenvalue weighted by Crippen LogP contribution is -2.48. The van der Waals surface area contributed by atoms with Gasteiger partial charge in [-0.2, -0.15) is 0 Å². The highest BCUT2D eigenvalue weighted by molar-refractivity contribution is 5.77. The smallest absolute Gasteiger partial charge is 0.269 e. The number of anilines is 1. The normalized spacial score (nSPS) is 13.9. The van der Waals surface area contributed by atoms with Gasteiger partial charge in [0.15, 0.2) is 11.5 Å². The highest BCUT2D eigenvalue weighted by Crippen LogP contribution is 2.31. The number of piperazine rings is 1. The second kappa shape index (κ2) is 9.27. The molecule has 1 saturated heterocycles. The highest BCUT2D eigenvalue weighted by Gasteiger charge is 2.22. The van der Waals surface area contributed by atoms with E-state index in [2.05, 4.69) is 4.90 Å². The molecule has 2 aromatic rings. The molecule has 1 heterocycles. The molecule has 29 heavy (non-hydrogen) atoms. The summed E-state index contributed by atoms with van der Waals surface area (Å²) in [4.78, 5) is 27.0. The molecule has 8 nitrogen and oxygen atoms in total. The first-order valence-corrected chi connectivity index (χ1v) is 9.50. The number of carbonyl (C=O) groups excluding carboxylic acids is 1. The molecule has 1 aliphatic heterocycles. The summed E-state index contributed by atoms with van der Waals surface area (Å²) in [6, 6.07) is 12.2. The van der Waals surface area contributed by atoms with Crippen molar-refractivity contribution < 1.29 is 19.2 Å². The van der Waals surface area contributed by atoms with E-state index in [9.17, 15) is 14.9 Å². The van der Waals surface area contributed by atoms with Crippen LogP contribution in [-0.2, 0) is 11.2 Å². The van der Waals surface area contributed by atoms with Crippen LogP contribution in [0.4, 0.5) is 11.4 Å². The minimum Gasteiger partial charge on any atom is -0.493 e. The predicted molar refractivity (Wildman–Crippen MR) is 110 cm³/mol. The molecule has 1 fully saturated rings. The molecule has 1 amide bonds. The van der Waals surface area contributed by atoms with Crippen molar-refractivity contribution in [3.63, 3.8) is 0 Å². The standard InChI is InChI=1S/C21H25N3O5/c1-28-19-5-3-4-16(21(19)29-2)6-11-20(25)23-14-12-22(13-15-23)17-7-9-18(10-8-17)24(26)27/h3-5,7-10H,6,11-15H2,1-2H3. The number of hydrogen-bond acceptors (Lipinski definition) is 6. The molecule has 0 spiro atoms. The van der Waals surface area contributed by atoms with E-state index >= 15 is 0 Å². The monoisotopic (exact) mass is 399 g/mol. The van der Waals surface area contributed by atoms with Crippen LogP contribution >= 0.6 is 0 Å². The number of ether oxygens (including phenoxy) is 2. The Bertz CT molecular complexity index is 861. The third-order valence-corrected chi connectivity index (χ3v) is 5.15. The molecule has 0 atom stereocenters. The number of non-ortho nitro benzene ring substituents is 1. The Balaban J connectivity index is 1.53. The van der Waals surface area contributed by atoms with Crippen molar-refractivity contribution in [1.82, 2.24) is 4.90 Å². The van der Waals surface area contributed by atoms with Gasteiger partial charge >= 0.3 is 0 Å². The van der Waals surface area contributed by atoms with Crippen LogP contribution in [0.3, 0.4) is 0 Å². The Morgan fingerprint density at radius 3 is 2.31 bits per heavy atom. The molecule has 3 rings (SSSR count). The summed E-state index contributed by atoms with van der Waals surface area (Å²) in [5, 5.41) is 10.8. The number of amides is 1. The van der Waals surface area contributed by atoms with E-state index in [0.717, 1.165) is 11.3 Å². The molecule has 1 aliphatic rings. The minimum atomic E-state index is -0.405. The topological polar surface area (TPSA) is 85.2 Å². The summed E-state index contributed by atoms with van der Waals surface area (Å²) in [5.74, 6) is 1.44. The number of hydrogen-bond donors (Lipinski definition) is 0. The number of nitro groups is 1. The second-order valence-corrected chi connectivity index (χ2v) is 6.79. The average Bonchev–Trinajstić information content (AvgIpc) is 2.77. The fourth-order valence-corrected chi connectivity index (χ4v) is 3.55. The molecule has 8 heteroatoms. The maximum Gasteiger partial charge on any atom is 0.269 e. The number of rotatable bonds is 7. The van der Waals surface area contributed by atoms with Gasteiger partial charge in [-0.05, 0) is 30.2 Å². The molecule has 0 bridgehead atoms. The van der Waals surface area contributed by atoms with Gasteiger partial charge in [0, 0.05) is 50.4 Å². The number of benzene rings is 2. The van der Waals surface area contributed by atoms with Crippen molar-refractivity contribution in [2.24, 2.45) is 0 Å². The molecule has 0 radical (unpaired) electrons. The van der Waals surface area contributed by atoms with E-state index in [1.807, 2.05) is 23.1 Å². The van der Waals surface area contributed by atoms with E-state index in [4.69, 9.17) is 9.47 Å². The maximum absolute atomic E-state index is 12.6. The number of carbonyl (C=O) groups is 1. The first kappa shape index (κ1) is 20.4. The molecule has 154 valence electrons. The molecular weight excluding hydrogens is 374 g/mol. The van der Waals surface area contributed by atoms with Gasteiger partial charge < -0.3 is 19.3 Å². The van der Waals surface area contributed by atoms with Crippen molar-refractivity contribution in [3.05, 3.63) is 58.1 Å². The average molecular weight is 399 g/mol. The predicted octanol–water partition coefficient (Wildman–Crippen LogP) is 2.89. The van der Waals surface area contributed by atoms with Crippen molar-refractivity contribution in [2.45, 2.75) is 12.8 Å². The zero-order valence-electron chi connectivity index (χ0n) is 16.7. The van der Waals surface area contributed by atoms with Crippen molar-refractivity contribution >= 4 is 17.3 Å². The third kappa shape index (κ3) is 4.77. The van der Waals surface area contributed by atoms with E-state index < -0.39 is 4.92 Å². The number of methoxy groups -OCH3 is 2. The Kier molecular flexibility index (Phi) is 6.54. The van der Waals surface area contributed by atoms with Crippen LogP contribution in [0.1, 0.15) is 12.0 Å². The molecule has 0 saturated carbocycles. The Morgan fingerprint density at radius 2 is 1.72 bits per heavy atom. The highest BCUT2D eigenvalue weighted by atomic mass is 16.6. The van der Waals surface area contributed by atoms with Crippen LogP contribution < -0.4 is 14.4 Å². The van der Waals surface area contributed by atoms with Crippen molar-refractivity contribution in [1.29, 1.82) is 0 Å². The lowest BCUT2D eigenvalue weighted by molar-refractivity contribution is -0.384. The summed E-state index contributed by atoms with van der Waals surface area (Å²) in [5.41, 5.74) is 1.96. The van der Waals surface area contributed by atoms with Crippen LogP contribution in [0.5, 0.6) is 11.5 Å². The summed E-state index contributed by atoms with van der Waals surface area (Å²) >= 11 is 0. The van der Waals surface area contributed by atoms with E-state index in [-0.39, 0.29) is 11.6 Å². The van der Waals surface area contributed by atoms with E-state index in [1.165, 1.54) is 12.1 Å². The maximum atomic E-state index is 12.6. The zero-order valence-corrected chi connectivity index (χ0v) is 16.7. The van der Waals surface area contributed by atoms with Crippen molar-refractivity contribution in [3.8, 4) is 11.5 Å². The Labute approximate surface area is 169 Å². The first-order chi connectivity index (χ1) is 14.0. The van der Waals surface area contributed by atoms with Gasteiger partial charge in [0.1, 0.15) is 0 Å². The van der Waals surface area contributed by atoms with Crippen LogP contribution in [0.15, 0.2) is 42.5 Å². The third-order valence-electron chi connectivity index (χ3n) is 5.15. The number of nitrogens with zero attached hydrogens (tertiary/aromatic N) is 3. The lowest BCUT2D eigenvalue weighted by Gasteiger charge is -2.36. The molecule has 0 aromatic heterocycles. The zero-order chi connectivity index (χ0) is 20.8. The summed E-state index contributed by atoms with van der Waals surface area (Å²) < 4.78 is 10.7. The Hall–Kier alpha value is -3.29. The molecule has 0 unspecified atom stereocenters. The van der Waals surface area contributed by atoms with E-state index in [1.54, 1.807) is 26.4 Å². The number of nitro benzene ring substituents is 1. The minimum absolute atomic E-state index is 0.0792. The molecule has 0 N–H and O–H groups in total. The van der Waals surface area contributed by atoms with Crippen molar-refractivity contribution in [2.75, 3.05) is 45.3 Å². The molecule has 2 aromatic carbocycles. The molecular formula is C21H25N3O5. The fourth-order valence-electron chi connectivity index (χ4n) is 3.55. The van der Waals surface area contributed by atoms with Gasteiger partial charge in [-0.25, -0.2) is 0 Å². The summed E-state index contributed by atoms with van der Waals surface area (Å²) in [6.45, 7) is 2.66. The largest absolute Gasteiger partial charge is 0.493 e. The van der Waals surface area contributed by atoms with Crippen LogP contribution in [0.2, 0.25) is 0 Å². The van der Waals surface area contributed by atoms with Crippen LogP contribution in [0.25, 0.3) is 0 Å². The van der Waals surface area contributed by atoms with Gasteiger partial charge in [-0.3, -0.25) is 14.9 Å². The van der Waals surface area contributed by atoms with Gasteiger partial charge in [-0.15, -0.1) is 0 Å². The van der Waals surface area contributed by atoms with Gasteiger partial charge in [0.2, 0.25) is 5.91 Å². The summed E-state index contributed by atoms with van der Waals surface area (Å²) in [6.07, 6.45) is 0.989. The van der Waals surface area contributed by atoms with Gasteiger partial charge in [-0.1, -0.05) is 12.1 Å².